The van der Waals surface area contributed by atoms with Crippen LogP contribution in [0, 0.1) is 11.8 Å². The summed E-state index contributed by atoms with van der Waals surface area (Å²) in [5.41, 5.74) is 6.92. The molecule has 0 aromatic heterocycles. The van der Waals surface area contributed by atoms with Gasteiger partial charge in [0.2, 0.25) is 0 Å². The Balaban J connectivity index is 4.04. The molecule has 10 heavy (non-hydrogen) atoms. The molecule has 0 aliphatic carbocycles. The van der Waals surface area contributed by atoms with Gasteiger partial charge in [-0.2, -0.15) is 0 Å². The monoisotopic (exact) mass is 141 g/mol. The molecule has 60 valence electrons. The molecule has 0 unspecified atom stereocenters. The number of nitrogens with two attached hydrogens (primary N) is 1. The topological polar surface area (TPSA) is 26.0 Å². The third-order valence-electron chi connectivity index (χ3n) is 1.52. The van der Waals surface area contributed by atoms with E-state index in [1.807, 2.05) is 0 Å². The normalized spacial score (nSPS) is 13.3. The summed E-state index contributed by atoms with van der Waals surface area (Å²) >= 11 is 0. The molecular formula is C9H19N. The van der Waals surface area contributed by atoms with E-state index in [2.05, 4.69) is 33.8 Å². The minimum Gasteiger partial charge on any atom is -0.327 e. The van der Waals surface area contributed by atoms with E-state index in [0.717, 1.165) is 0 Å². The van der Waals surface area contributed by atoms with E-state index in [1.54, 1.807) is 0 Å². The van der Waals surface area contributed by atoms with Gasteiger partial charge in [-0.25, -0.2) is 0 Å². The summed E-state index contributed by atoms with van der Waals surface area (Å²) in [7, 11) is 0. The maximum Gasteiger partial charge on any atom is 0.0139 e. The number of hydrogen-bond acceptors (Lipinski definition) is 1. The second-order valence-electron chi connectivity index (χ2n) is 3.34. The maximum absolute atomic E-state index is 5.55. The van der Waals surface area contributed by atoms with Crippen molar-refractivity contribution in [2.45, 2.75) is 27.7 Å². The third kappa shape index (κ3) is 3.67. The van der Waals surface area contributed by atoms with E-state index in [9.17, 15) is 0 Å². The van der Waals surface area contributed by atoms with Gasteiger partial charge in [-0.05, 0) is 11.8 Å². The van der Waals surface area contributed by atoms with Crippen LogP contribution < -0.4 is 5.73 Å². The van der Waals surface area contributed by atoms with Gasteiger partial charge in [0.25, 0.3) is 0 Å². The Morgan fingerprint density at radius 1 is 1.30 bits per heavy atom. The summed E-state index contributed by atoms with van der Waals surface area (Å²) in [6, 6.07) is 0. The Bertz CT molecular complexity index is 112. The summed E-state index contributed by atoms with van der Waals surface area (Å²) in [6.45, 7) is 9.42. The zero-order valence-electron chi connectivity index (χ0n) is 7.52. The molecule has 0 rings (SSSR count). The van der Waals surface area contributed by atoms with Gasteiger partial charge in [0, 0.05) is 6.54 Å². The fraction of sp³-hybridized carbons (Fsp3) is 0.778. The van der Waals surface area contributed by atoms with Crippen LogP contribution in [0.1, 0.15) is 27.7 Å². The lowest BCUT2D eigenvalue weighted by molar-refractivity contribution is 0.712. The van der Waals surface area contributed by atoms with E-state index >= 15 is 0 Å². The molecule has 1 heteroatoms. The van der Waals surface area contributed by atoms with Crippen molar-refractivity contribution in [1.82, 2.24) is 0 Å². The van der Waals surface area contributed by atoms with Crippen molar-refractivity contribution >= 4 is 0 Å². The highest BCUT2D eigenvalue weighted by atomic mass is 14.5. The first kappa shape index (κ1) is 9.70. The average molecular weight is 141 g/mol. The number of allylic oxidation sites excluding steroid dienone is 1. The first-order valence-corrected chi connectivity index (χ1v) is 3.98. The molecule has 2 N–H and O–H groups in total. The van der Waals surface area contributed by atoms with Crippen molar-refractivity contribution in [2.75, 3.05) is 6.54 Å². The van der Waals surface area contributed by atoms with Crippen molar-refractivity contribution in [2.24, 2.45) is 17.6 Å². The van der Waals surface area contributed by atoms with Crippen LogP contribution in [0.25, 0.3) is 0 Å². The minimum absolute atomic E-state index is 0.604. The van der Waals surface area contributed by atoms with Crippen LogP contribution in [0.3, 0.4) is 0 Å². The Kier molecular flexibility index (Phi) is 4.37. The lowest BCUT2D eigenvalue weighted by atomic mass is 9.99. The molecule has 0 radical (unpaired) electrons. The fourth-order valence-corrected chi connectivity index (χ4v) is 0.924. The van der Waals surface area contributed by atoms with Gasteiger partial charge >= 0.3 is 0 Å². The molecule has 1 nitrogen and oxygen atoms in total. The molecule has 0 aromatic rings. The average Bonchev–Trinajstić information content (AvgIpc) is 1.81. The highest BCUT2D eigenvalue weighted by molar-refractivity contribution is 5.07. The Hall–Kier alpha value is -0.300. The van der Waals surface area contributed by atoms with Crippen molar-refractivity contribution in [3.63, 3.8) is 0 Å². The summed E-state index contributed by atoms with van der Waals surface area (Å²) in [5.74, 6) is 1.23. The Labute approximate surface area is 64.3 Å². The molecule has 0 spiro atoms. The van der Waals surface area contributed by atoms with Crippen LogP contribution >= 0.6 is 0 Å². The van der Waals surface area contributed by atoms with Crippen LogP contribution in [0.2, 0.25) is 0 Å². The maximum atomic E-state index is 5.55. The molecule has 0 amide bonds. The lowest BCUT2D eigenvalue weighted by Crippen LogP contribution is -2.09. The lowest BCUT2D eigenvalue weighted by Gasteiger charge is -2.09. The zero-order valence-corrected chi connectivity index (χ0v) is 7.52. The van der Waals surface area contributed by atoms with Crippen LogP contribution in [-0.2, 0) is 0 Å². The molecule has 0 aromatic carbocycles. The highest BCUT2D eigenvalue weighted by Crippen LogP contribution is 2.10. The summed E-state index contributed by atoms with van der Waals surface area (Å²) < 4.78 is 0. The van der Waals surface area contributed by atoms with Gasteiger partial charge in [0.15, 0.2) is 0 Å². The number of hydrogen-bond donors (Lipinski definition) is 1. The first-order chi connectivity index (χ1) is 4.57. The van der Waals surface area contributed by atoms with Gasteiger partial charge in [0.1, 0.15) is 0 Å². The van der Waals surface area contributed by atoms with E-state index in [0.29, 0.717) is 18.4 Å². The summed E-state index contributed by atoms with van der Waals surface area (Å²) in [6.07, 6.45) is 2.25. The smallest absolute Gasteiger partial charge is 0.0139 e. The predicted octanol–water partition coefficient (Wildman–Crippen LogP) is 2.18. The molecule has 0 saturated carbocycles. The predicted molar refractivity (Wildman–Crippen MR) is 46.8 cm³/mol. The molecule has 0 aliphatic rings. The van der Waals surface area contributed by atoms with Gasteiger partial charge in [-0.15, -0.1) is 0 Å². The Morgan fingerprint density at radius 2 is 1.80 bits per heavy atom. The SMILES string of the molecule is CC(C)/C=C(/CN)C(C)C. The fourth-order valence-electron chi connectivity index (χ4n) is 0.924. The van der Waals surface area contributed by atoms with Gasteiger partial charge in [-0.3, -0.25) is 0 Å². The Morgan fingerprint density at radius 3 is 1.90 bits per heavy atom. The van der Waals surface area contributed by atoms with E-state index in [4.69, 9.17) is 5.73 Å². The standard InChI is InChI=1S/C9H19N/c1-7(2)5-9(6-10)8(3)4/h5,7-8H,6,10H2,1-4H3/b9-5-. The van der Waals surface area contributed by atoms with Crippen molar-refractivity contribution < 1.29 is 0 Å². The molecule has 0 aliphatic heterocycles. The third-order valence-corrected chi connectivity index (χ3v) is 1.52. The van der Waals surface area contributed by atoms with Gasteiger partial charge in [-0.1, -0.05) is 39.3 Å². The van der Waals surface area contributed by atoms with Gasteiger partial charge in [0.05, 0.1) is 0 Å². The van der Waals surface area contributed by atoms with Crippen molar-refractivity contribution in [3.05, 3.63) is 11.6 Å². The molecule has 0 bridgehead atoms. The largest absolute Gasteiger partial charge is 0.327 e. The van der Waals surface area contributed by atoms with Crippen molar-refractivity contribution in [1.29, 1.82) is 0 Å². The van der Waals surface area contributed by atoms with Crippen LogP contribution in [0.15, 0.2) is 11.6 Å². The van der Waals surface area contributed by atoms with E-state index < -0.39 is 0 Å². The quantitative estimate of drug-likeness (QED) is 0.599. The molecular weight excluding hydrogens is 122 g/mol. The molecule has 0 saturated heterocycles. The molecule has 0 heterocycles. The van der Waals surface area contributed by atoms with Crippen molar-refractivity contribution in [3.8, 4) is 0 Å². The van der Waals surface area contributed by atoms with Gasteiger partial charge < -0.3 is 5.73 Å². The van der Waals surface area contributed by atoms with E-state index in [1.165, 1.54) is 5.57 Å². The highest BCUT2D eigenvalue weighted by Gasteiger charge is 2.00. The summed E-state index contributed by atoms with van der Waals surface area (Å²) in [5, 5.41) is 0. The summed E-state index contributed by atoms with van der Waals surface area (Å²) in [4.78, 5) is 0. The zero-order chi connectivity index (χ0) is 8.15. The molecule has 0 atom stereocenters. The molecule has 0 fully saturated rings. The second-order valence-corrected chi connectivity index (χ2v) is 3.34. The van der Waals surface area contributed by atoms with Crippen LogP contribution in [0.4, 0.5) is 0 Å². The first-order valence-electron chi connectivity index (χ1n) is 3.98. The second kappa shape index (κ2) is 4.51. The van der Waals surface area contributed by atoms with Crippen LogP contribution in [0.5, 0.6) is 0 Å². The van der Waals surface area contributed by atoms with E-state index in [-0.39, 0.29) is 0 Å². The van der Waals surface area contributed by atoms with Crippen LogP contribution in [-0.4, -0.2) is 6.54 Å². The number of rotatable bonds is 3. The minimum atomic E-state index is 0.604.